The summed E-state index contributed by atoms with van der Waals surface area (Å²) < 4.78 is 0. The number of aromatic nitrogens is 1. The maximum Gasteiger partial charge on any atom is 0.0584 e. The molecule has 1 aliphatic heterocycles. The Kier molecular flexibility index (Phi) is 4.96. The molecule has 1 fully saturated rings. The maximum atomic E-state index is 9.21. The van der Waals surface area contributed by atoms with Crippen LogP contribution in [0.25, 0.3) is 0 Å². The van der Waals surface area contributed by atoms with E-state index in [0.717, 1.165) is 32.4 Å². The van der Waals surface area contributed by atoms with Gasteiger partial charge in [0.1, 0.15) is 0 Å². The first-order valence-corrected chi connectivity index (χ1v) is 6.85. The molecule has 100 valence electrons. The van der Waals surface area contributed by atoms with Crippen molar-refractivity contribution < 1.29 is 5.11 Å². The predicted molar refractivity (Wildman–Crippen MR) is 73.8 cm³/mol. The Morgan fingerprint density at radius 2 is 2.06 bits per heavy atom. The van der Waals surface area contributed by atoms with Gasteiger partial charge in [-0.05, 0) is 31.4 Å². The number of hydrogen-bond donors (Lipinski definition) is 2. The third-order valence-corrected chi connectivity index (χ3v) is 3.71. The number of aliphatic hydroxyl groups is 1. The Morgan fingerprint density at radius 1 is 1.39 bits per heavy atom. The Hall–Kier alpha value is -1.13. The lowest BCUT2D eigenvalue weighted by Crippen LogP contribution is -2.47. The number of aliphatic hydroxyl groups excluding tert-OH is 1. The van der Waals surface area contributed by atoms with Crippen molar-refractivity contribution in [3.63, 3.8) is 0 Å². The maximum absolute atomic E-state index is 9.21. The van der Waals surface area contributed by atoms with Crippen LogP contribution < -0.4 is 10.2 Å². The van der Waals surface area contributed by atoms with E-state index in [1.807, 2.05) is 12.4 Å². The van der Waals surface area contributed by atoms with Gasteiger partial charge in [0, 0.05) is 43.3 Å². The lowest BCUT2D eigenvalue weighted by molar-refractivity contribution is 0.220. The summed E-state index contributed by atoms with van der Waals surface area (Å²) in [5.74, 6) is 0. The average molecular weight is 249 g/mol. The molecule has 0 radical (unpaired) electrons. The summed E-state index contributed by atoms with van der Waals surface area (Å²) in [6, 6.07) is 4.93. The Balaban J connectivity index is 1.81. The molecule has 4 nitrogen and oxygen atoms in total. The van der Waals surface area contributed by atoms with Crippen LogP contribution >= 0.6 is 0 Å². The van der Waals surface area contributed by atoms with Crippen LogP contribution in [0, 0.1) is 0 Å². The molecular formula is C14H23N3O. The summed E-state index contributed by atoms with van der Waals surface area (Å²) in [5, 5.41) is 12.7. The van der Waals surface area contributed by atoms with Crippen LogP contribution in [0.1, 0.15) is 26.2 Å². The van der Waals surface area contributed by atoms with E-state index in [0.29, 0.717) is 6.04 Å². The van der Waals surface area contributed by atoms with E-state index in [9.17, 15) is 5.11 Å². The van der Waals surface area contributed by atoms with Crippen LogP contribution in [0.2, 0.25) is 0 Å². The minimum Gasteiger partial charge on any atom is -0.395 e. The SMILES string of the molecule is CCC(CO)NC1CCN(c2ccncc2)CC1. The monoisotopic (exact) mass is 249 g/mol. The highest BCUT2D eigenvalue weighted by Crippen LogP contribution is 2.19. The van der Waals surface area contributed by atoms with E-state index in [2.05, 4.69) is 34.3 Å². The summed E-state index contributed by atoms with van der Waals surface area (Å²) in [5.41, 5.74) is 1.26. The molecule has 0 aliphatic carbocycles. The molecule has 1 unspecified atom stereocenters. The van der Waals surface area contributed by atoms with Gasteiger partial charge < -0.3 is 15.3 Å². The fraction of sp³-hybridized carbons (Fsp3) is 0.643. The molecule has 1 aromatic heterocycles. The zero-order valence-corrected chi connectivity index (χ0v) is 11.0. The van der Waals surface area contributed by atoms with Gasteiger partial charge in [0.25, 0.3) is 0 Å². The van der Waals surface area contributed by atoms with Gasteiger partial charge in [-0.2, -0.15) is 0 Å². The second-order valence-electron chi connectivity index (χ2n) is 4.92. The van der Waals surface area contributed by atoms with Crippen LogP contribution in [0.3, 0.4) is 0 Å². The van der Waals surface area contributed by atoms with Crippen molar-refractivity contribution in [2.45, 2.75) is 38.3 Å². The van der Waals surface area contributed by atoms with Gasteiger partial charge >= 0.3 is 0 Å². The standard InChI is InChI=1S/C14H23N3O/c1-2-12(11-18)16-13-5-9-17(10-6-13)14-3-7-15-8-4-14/h3-4,7-8,12-13,16,18H,2,5-6,9-11H2,1H3. The van der Waals surface area contributed by atoms with Crippen molar-refractivity contribution in [3.05, 3.63) is 24.5 Å². The predicted octanol–water partition coefficient (Wildman–Crippen LogP) is 1.41. The fourth-order valence-electron chi connectivity index (χ4n) is 2.49. The molecule has 1 atom stereocenters. The number of pyridine rings is 1. The van der Waals surface area contributed by atoms with Crippen molar-refractivity contribution in [3.8, 4) is 0 Å². The summed E-state index contributed by atoms with van der Waals surface area (Å²) in [7, 11) is 0. The highest BCUT2D eigenvalue weighted by molar-refractivity contribution is 5.44. The molecule has 1 aliphatic rings. The molecule has 1 aromatic rings. The van der Waals surface area contributed by atoms with E-state index in [1.165, 1.54) is 5.69 Å². The second kappa shape index (κ2) is 6.71. The lowest BCUT2D eigenvalue weighted by atomic mass is 10.0. The largest absolute Gasteiger partial charge is 0.395 e. The number of anilines is 1. The van der Waals surface area contributed by atoms with Crippen molar-refractivity contribution in [1.29, 1.82) is 0 Å². The van der Waals surface area contributed by atoms with Gasteiger partial charge in [0.2, 0.25) is 0 Å². The Bertz CT molecular complexity index is 332. The van der Waals surface area contributed by atoms with Crippen LogP contribution in [0.5, 0.6) is 0 Å². The van der Waals surface area contributed by atoms with Gasteiger partial charge in [0.15, 0.2) is 0 Å². The van der Waals surface area contributed by atoms with E-state index >= 15 is 0 Å². The van der Waals surface area contributed by atoms with Crippen molar-refractivity contribution >= 4 is 5.69 Å². The molecule has 2 rings (SSSR count). The van der Waals surface area contributed by atoms with E-state index in [-0.39, 0.29) is 12.6 Å². The zero-order valence-electron chi connectivity index (χ0n) is 11.0. The molecule has 18 heavy (non-hydrogen) atoms. The van der Waals surface area contributed by atoms with Crippen LogP contribution in [0.15, 0.2) is 24.5 Å². The van der Waals surface area contributed by atoms with E-state index in [1.54, 1.807) is 0 Å². The third-order valence-electron chi connectivity index (χ3n) is 3.71. The molecule has 2 N–H and O–H groups in total. The van der Waals surface area contributed by atoms with Crippen molar-refractivity contribution in [1.82, 2.24) is 10.3 Å². The van der Waals surface area contributed by atoms with E-state index < -0.39 is 0 Å². The molecule has 1 saturated heterocycles. The summed E-state index contributed by atoms with van der Waals surface area (Å²) in [4.78, 5) is 6.45. The number of piperidine rings is 1. The first-order valence-electron chi connectivity index (χ1n) is 6.85. The lowest BCUT2D eigenvalue weighted by Gasteiger charge is -2.35. The topological polar surface area (TPSA) is 48.4 Å². The van der Waals surface area contributed by atoms with Crippen LogP contribution in [-0.4, -0.2) is 41.9 Å². The Morgan fingerprint density at radius 3 is 2.61 bits per heavy atom. The molecule has 4 heteroatoms. The minimum atomic E-state index is 0.237. The highest BCUT2D eigenvalue weighted by atomic mass is 16.3. The zero-order chi connectivity index (χ0) is 12.8. The van der Waals surface area contributed by atoms with Gasteiger partial charge in [0.05, 0.1) is 6.61 Å². The van der Waals surface area contributed by atoms with Crippen molar-refractivity contribution in [2.75, 3.05) is 24.6 Å². The fourth-order valence-corrected chi connectivity index (χ4v) is 2.49. The molecule has 0 spiro atoms. The third kappa shape index (κ3) is 3.43. The molecule has 0 aromatic carbocycles. The number of rotatable bonds is 5. The first-order chi connectivity index (χ1) is 8.83. The summed E-state index contributed by atoms with van der Waals surface area (Å²) >= 11 is 0. The van der Waals surface area contributed by atoms with Gasteiger partial charge in [-0.1, -0.05) is 6.92 Å². The number of hydrogen-bond acceptors (Lipinski definition) is 4. The quantitative estimate of drug-likeness (QED) is 0.828. The molecule has 2 heterocycles. The molecule has 0 saturated carbocycles. The molecule has 0 bridgehead atoms. The first kappa shape index (κ1) is 13.3. The van der Waals surface area contributed by atoms with Crippen LogP contribution in [0.4, 0.5) is 5.69 Å². The number of nitrogens with zero attached hydrogens (tertiary/aromatic N) is 2. The highest BCUT2D eigenvalue weighted by Gasteiger charge is 2.20. The van der Waals surface area contributed by atoms with E-state index in [4.69, 9.17) is 0 Å². The molecular weight excluding hydrogens is 226 g/mol. The van der Waals surface area contributed by atoms with Crippen molar-refractivity contribution in [2.24, 2.45) is 0 Å². The minimum absolute atomic E-state index is 0.237. The summed E-state index contributed by atoms with van der Waals surface area (Å²) in [6.07, 6.45) is 6.95. The van der Waals surface area contributed by atoms with Crippen LogP contribution in [-0.2, 0) is 0 Å². The van der Waals surface area contributed by atoms with Gasteiger partial charge in [-0.3, -0.25) is 4.98 Å². The second-order valence-corrected chi connectivity index (χ2v) is 4.92. The smallest absolute Gasteiger partial charge is 0.0584 e. The van der Waals surface area contributed by atoms with Gasteiger partial charge in [-0.25, -0.2) is 0 Å². The van der Waals surface area contributed by atoms with Gasteiger partial charge in [-0.15, -0.1) is 0 Å². The molecule has 0 amide bonds. The normalized spacial score (nSPS) is 18.9. The summed E-state index contributed by atoms with van der Waals surface area (Å²) in [6.45, 7) is 4.49. The Labute approximate surface area is 109 Å². The number of nitrogens with one attached hydrogen (secondary N) is 1. The average Bonchev–Trinajstić information content (AvgIpc) is 2.46.